The minimum atomic E-state index is 0.419. The molecule has 1 saturated carbocycles. The van der Waals surface area contributed by atoms with Crippen molar-refractivity contribution in [2.45, 2.75) is 31.9 Å². The van der Waals surface area contributed by atoms with E-state index in [1.165, 1.54) is 24.8 Å². The van der Waals surface area contributed by atoms with Crippen LogP contribution >= 0.6 is 11.6 Å². The summed E-state index contributed by atoms with van der Waals surface area (Å²) in [5.41, 5.74) is 1.22. The fraction of sp³-hybridized carbons (Fsp3) is 0.600. The lowest BCUT2D eigenvalue weighted by Gasteiger charge is -2.30. The Bertz CT molecular complexity index is 428. The molecular formula is C15H21ClN2O. The Hall–Kier alpha value is -0.770. The second-order valence-electron chi connectivity index (χ2n) is 5.45. The second-order valence-corrected chi connectivity index (χ2v) is 5.89. The van der Waals surface area contributed by atoms with Gasteiger partial charge in [0.1, 0.15) is 5.75 Å². The van der Waals surface area contributed by atoms with Crippen LogP contribution in [0.4, 0.5) is 0 Å². The van der Waals surface area contributed by atoms with E-state index in [9.17, 15) is 0 Å². The third kappa shape index (κ3) is 3.41. The van der Waals surface area contributed by atoms with Crippen molar-refractivity contribution in [3.63, 3.8) is 0 Å². The third-order valence-corrected chi connectivity index (χ3v) is 4.21. The van der Waals surface area contributed by atoms with Gasteiger partial charge < -0.3 is 10.1 Å². The summed E-state index contributed by atoms with van der Waals surface area (Å²) in [6.07, 6.45) is 4.10. The van der Waals surface area contributed by atoms with Crippen LogP contribution in [0.25, 0.3) is 0 Å². The molecular weight excluding hydrogens is 260 g/mol. The summed E-state index contributed by atoms with van der Waals surface area (Å²) in [4.78, 5) is 2.45. The lowest BCUT2D eigenvalue weighted by molar-refractivity contribution is 0.117. The van der Waals surface area contributed by atoms with Gasteiger partial charge in [-0.3, -0.25) is 4.90 Å². The van der Waals surface area contributed by atoms with Crippen molar-refractivity contribution in [3.05, 3.63) is 28.8 Å². The van der Waals surface area contributed by atoms with E-state index in [1.807, 2.05) is 12.1 Å². The lowest BCUT2D eigenvalue weighted by Crippen LogP contribution is -2.43. The molecule has 2 aliphatic rings. The quantitative estimate of drug-likeness (QED) is 0.918. The Morgan fingerprint density at radius 3 is 2.74 bits per heavy atom. The van der Waals surface area contributed by atoms with Gasteiger partial charge in [-0.05, 0) is 37.5 Å². The number of halogens is 1. The summed E-state index contributed by atoms with van der Waals surface area (Å²) in [6.45, 7) is 5.26. The van der Waals surface area contributed by atoms with Crippen molar-refractivity contribution in [2.75, 3.05) is 26.2 Å². The Kier molecular flexibility index (Phi) is 4.26. The van der Waals surface area contributed by atoms with Gasteiger partial charge >= 0.3 is 0 Å². The topological polar surface area (TPSA) is 24.5 Å². The molecule has 0 spiro atoms. The maximum atomic E-state index is 6.13. The van der Waals surface area contributed by atoms with E-state index in [2.05, 4.69) is 16.3 Å². The van der Waals surface area contributed by atoms with Crippen LogP contribution in [0.15, 0.2) is 18.2 Å². The summed E-state index contributed by atoms with van der Waals surface area (Å²) in [6, 6.07) is 6.01. The van der Waals surface area contributed by atoms with Crippen molar-refractivity contribution < 1.29 is 4.74 Å². The normalized spacial score (nSPS) is 21.1. The molecule has 1 aromatic carbocycles. The SMILES string of the molecule is Clc1ccc(OC2CCC2)c(CN2CCNCC2)c1. The van der Waals surface area contributed by atoms with E-state index in [-0.39, 0.29) is 0 Å². The molecule has 0 radical (unpaired) electrons. The number of hydrogen-bond donors (Lipinski definition) is 1. The average Bonchev–Trinajstić information content (AvgIpc) is 2.37. The van der Waals surface area contributed by atoms with Gasteiger partial charge in [-0.1, -0.05) is 11.6 Å². The lowest BCUT2D eigenvalue weighted by atomic mass is 9.96. The van der Waals surface area contributed by atoms with Gasteiger partial charge in [0.15, 0.2) is 0 Å². The molecule has 4 heteroatoms. The Labute approximate surface area is 119 Å². The van der Waals surface area contributed by atoms with Crippen molar-refractivity contribution in [2.24, 2.45) is 0 Å². The Balaban J connectivity index is 1.71. The zero-order chi connectivity index (χ0) is 13.1. The molecule has 0 bridgehead atoms. The molecule has 1 N–H and O–H groups in total. The highest BCUT2D eigenvalue weighted by Gasteiger charge is 2.21. The molecule has 1 saturated heterocycles. The van der Waals surface area contributed by atoms with Crippen molar-refractivity contribution in [1.29, 1.82) is 0 Å². The molecule has 2 fully saturated rings. The molecule has 3 rings (SSSR count). The standard InChI is InChI=1S/C15H21ClN2O/c16-13-4-5-15(19-14-2-1-3-14)12(10-13)11-18-8-6-17-7-9-18/h4-5,10,14,17H,1-3,6-9,11H2. The fourth-order valence-electron chi connectivity index (χ4n) is 2.56. The molecule has 0 aromatic heterocycles. The summed E-state index contributed by atoms with van der Waals surface area (Å²) in [5.74, 6) is 1.02. The molecule has 1 aliphatic heterocycles. The van der Waals surface area contributed by atoms with Gasteiger partial charge in [-0.25, -0.2) is 0 Å². The highest BCUT2D eigenvalue weighted by molar-refractivity contribution is 6.30. The third-order valence-electron chi connectivity index (χ3n) is 3.97. The van der Waals surface area contributed by atoms with Gasteiger partial charge in [-0.2, -0.15) is 0 Å². The smallest absolute Gasteiger partial charge is 0.124 e. The minimum absolute atomic E-state index is 0.419. The van der Waals surface area contributed by atoms with E-state index in [4.69, 9.17) is 16.3 Å². The van der Waals surface area contributed by atoms with E-state index >= 15 is 0 Å². The van der Waals surface area contributed by atoms with E-state index in [0.29, 0.717) is 6.10 Å². The minimum Gasteiger partial charge on any atom is -0.490 e. The molecule has 104 valence electrons. The van der Waals surface area contributed by atoms with Gasteiger partial charge in [0.25, 0.3) is 0 Å². The predicted molar refractivity (Wildman–Crippen MR) is 77.9 cm³/mol. The van der Waals surface area contributed by atoms with Gasteiger partial charge in [-0.15, -0.1) is 0 Å². The first kappa shape index (κ1) is 13.2. The fourth-order valence-corrected chi connectivity index (χ4v) is 2.76. The van der Waals surface area contributed by atoms with Crippen LogP contribution in [0.5, 0.6) is 5.75 Å². The molecule has 0 atom stereocenters. The first-order valence-corrected chi connectivity index (χ1v) is 7.57. The van der Waals surface area contributed by atoms with Gasteiger partial charge in [0.2, 0.25) is 0 Å². The second kappa shape index (κ2) is 6.12. The zero-order valence-corrected chi connectivity index (χ0v) is 12.0. The van der Waals surface area contributed by atoms with E-state index < -0.39 is 0 Å². The van der Waals surface area contributed by atoms with Crippen LogP contribution in [0.1, 0.15) is 24.8 Å². The number of nitrogens with zero attached hydrogens (tertiary/aromatic N) is 1. The van der Waals surface area contributed by atoms with Gasteiger partial charge in [0, 0.05) is 43.3 Å². The maximum absolute atomic E-state index is 6.13. The van der Waals surface area contributed by atoms with Crippen LogP contribution in [-0.2, 0) is 6.54 Å². The highest BCUT2D eigenvalue weighted by Crippen LogP contribution is 2.30. The average molecular weight is 281 g/mol. The van der Waals surface area contributed by atoms with Crippen LogP contribution < -0.4 is 10.1 Å². The number of nitrogens with one attached hydrogen (secondary N) is 1. The maximum Gasteiger partial charge on any atom is 0.124 e. The Morgan fingerprint density at radius 1 is 1.26 bits per heavy atom. The van der Waals surface area contributed by atoms with Crippen molar-refractivity contribution in [1.82, 2.24) is 10.2 Å². The molecule has 3 nitrogen and oxygen atoms in total. The van der Waals surface area contributed by atoms with E-state index in [1.54, 1.807) is 0 Å². The first-order chi connectivity index (χ1) is 9.31. The number of rotatable bonds is 4. The number of ether oxygens (including phenoxy) is 1. The highest BCUT2D eigenvalue weighted by atomic mass is 35.5. The van der Waals surface area contributed by atoms with Gasteiger partial charge in [0.05, 0.1) is 6.10 Å². The van der Waals surface area contributed by atoms with Crippen LogP contribution in [-0.4, -0.2) is 37.2 Å². The molecule has 1 aromatic rings. The summed E-state index contributed by atoms with van der Waals surface area (Å²) in [7, 11) is 0. The first-order valence-electron chi connectivity index (χ1n) is 7.19. The summed E-state index contributed by atoms with van der Waals surface area (Å²) in [5, 5.41) is 4.18. The van der Waals surface area contributed by atoms with Crippen LogP contribution in [0, 0.1) is 0 Å². The van der Waals surface area contributed by atoms with Crippen molar-refractivity contribution in [3.8, 4) is 5.75 Å². The Morgan fingerprint density at radius 2 is 2.05 bits per heavy atom. The zero-order valence-electron chi connectivity index (χ0n) is 11.2. The van der Waals surface area contributed by atoms with E-state index in [0.717, 1.165) is 43.5 Å². The summed E-state index contributed by atoms with van der Waals surface area (Å²) < 4.78 is 6.08. The number of benzene rings is 1. The number of piperazine rings is 1. The molecule has 0 amide bonds. The van der Waals surface area contributed by atoms with Crippen LogP contribution in [0.2, 0.25) is 5.02 Å². The monoisotopic (exact) mass is 280 g/mol. The molecule has 1 heterocycles. The molecule has 0 unspecified atom stereocenters. The molecule has 1 aliphatic carbocycles. The van der Waals surface area contributed by atoms with Crippen LogP contribution in [0.3, 0.4) is 0 Å². The number of hydrogen-bond acceptors (Lipinski definition) is 3. The largest absolute Gasteiger partial charge is 0.490 e. The predicted octanol–water partition coefficient (Wildman–Crippen LogP) is 2.68. The summed E-state index contributed by atoms with van der Waals surface area (Å²) >= 11 is 6.13. The van der Waals surface area contributed by atoms with Crippen molar-refractivity contribution >= 4 is 11.6 Å². The molecule has 19 heavy (non-hydrogen) atoms.